The Morgan fingerprint density at radius 3 is 1.17 bits per heavy atom. The predicted octanol–water partition coefficient (Wildman–Crippen LogP) is 2.46. The zero-order valence-corrected chi connectivity index (χ0v) is 15.0. The average molecular weight is 337 g/mol. The molecule has 1 aliphatic rings. The van der Waals surface area contributed by atoms with Crippen molar-refractivity contribution in [1.29, 1.82) is 0 Å². The average Bonchev–Trinajstić information content (AvgIpc) is 2.53. The Morgan fingerprint density at radius 2 is 1.11 bits per heavy atom. The van der Waals surface area contributed by atoms with E-state index in [4.69, 9.17) is 15.3 Å². The molecule has 0 heterocycles. The Bertz CT molecular complexity index is 143. The third-order valence-corrected chi connectivity index (χ3v) is 0.586. The number of rotatable bonds is 0. The van der Waals surface area contributed by atoms with Gasteiger partial charge in [0.2, 0.25) is 0 Å². The normalized spacial score (nSPS) is 10.9. The van der Waals surface area contributed by atoms with Gasteiger partial charge in [0.25, 0.3) is 0 Å². The molecule has 0 spiro atoms. The van der Waals surface area contributed by atoms with Crippen molar-refractivity contribution in [3.8, 4) is 0 Å². The van der Waals surface area contributed by atoms with Crippen LogP contribution >= 0.6 is 0 Å². The third-order valence-electron chi connectivity index (χ3n) is 0.586. The van der Waals surface area contributed by atoms with E-state index in [1.807, 2.05) is 12.2 Å². The van der Waals surface area contributed by atoms with Crippen LogP contribution in [0.5, 0.6) is 0 Å². The smallest absolute Gasteiger partial charge is 0.0483 e. The fraction of sp³-hybridized carbons (Fsp3) is 0.714. The van der Waals surface area contributed by atoms with Crippen molar-refractivity contribution in [2.75, 3.05) is 0 Å². The van der Waals surface area contributed by atoms with Gasteiger partial charge in [0.1, 0.15) is 0 Å². The van der Waals surface area contributed by atoms with E-state index in [9.17, 15) is 0 Å². The van der Waals surface area contributed by atoms with Crippen molar-refractivity contribution in [2.45, 2.75) is 66.3 Å². The second-order valence-electron chi connectivity index (χ2n) is 4.28. The van der Waals surface area contributed by atoms with E-state index in [-0.39, 0.29) is 44.5 Å². The van der Waals surface area contributed by atoms with Crippen molar-refractivity contribution in [3.63, 3.8) is 0 Å². The van der Waals surface area contributed by atoms with Crippen LogP contribution in [0, 0.1) is 6.08 Å². The number of hydrogen-bond donors (Lipinski definition) is 3. The van der Waals surface area contributed by atoms with Crippen molar-refractivity contribution in [2.24, 2.45) is 0 Å². The minimum Gasteiger partial charge on any atom is -0.394 e. The zero-order valence-electron chi connectivity index (χ0n) is 12.5. The first-order valence-corrected chi connectivity index (χ1v) is 5.96. The van der Waals surface area contributed by atoms with E-state index < -0.39 is 0 Å². The molecule has 1 aliphatic carbocycles. The maximum atomic E-state index is 8.06. The van der Waals surface area contributed by atoms with Crippen molar-refractivity contribution in [1.82, 2.24) is 0 Å². The van der Waals surface area contributed by atoms with E-state index >= 15 is 0 Å². The first kappa shape index (κ1) is 26.7. The third kappa shape index (κ3) is 137. The molecule has 0 aromatic carbocycles. The summed E-state index contributed by atoms with van der Waals surface area (Å²) in [6.07, 6.45) is 9.50. The zero-order chi connectivity index (χ0) is 14.3. The second kappa shape index (κ2) is 22.4. The van der Waals surface area contributed by atoms with Crippen molar-refractivity contribution in [3.05, 3.63) is 24.3 Å². The molecule has 0 atom stereocenters. The molecule has 0 fully saturated rings. The van der Waals surface area contributed by atoms with Crippen molar-refractivity contribution >= 4 is 0 Å². The van der Waals surface area contributed by atoms with Crippen LogP contribution in [0.15, 0.2) is 18.2 Å². The van der Waals surface area contributed by atoms with Crippen molar-refractivity contribution < 1.29 is 41.5 Å². The van der Waals surface area contributed by atoms with Crippen LogP contribution in [0.3, 0.4) is 0 Å². The summed E-state index contributed by atoms with van der Waals surface area (Å²) in [7, 11) is 0. The molecule has 0 saturated heterocycles. The molecule has 0 bridgehead atoms. The maximum absolute atomic E-state index is 8.06. The largest absolute Gasteiger partial charge is 0.394 e. The molecule has 3 N–H and O–H groups in total. The van der Waals surface area contributed by atoms with E-state index in [1.165, 1.54) is 0 Å². The summed E-state index contributed by atoms with van der Waals surface area (Å²) in [5.41, 5.74) is 0. The van der Waals surface area contributed by atoms with E-state index in [1.54, 1.807) is 41.5 Å². The summed E-state index contributed by atoms with van der Waals surface area (Å²) < 4.78 is 0. The molecule has 0 amide bonds. The molecule has 0 aromatic heterocycles. The summed E-state index contributed by atoms with van der Waals surface area (Å²) in [6, 6.07) is 0. The summed E-state index contributed by atoms with van der Waals surface area (Å²) >= 11 is 0. The molecule has 0 saturated carbocycles. The second-order valence-corrected chi connectivity index (χ2v) is 4.28. The monoisotopic (exact) mass is 335 g/mol. The molecule has 18 heavy (non-hydrogen) atoms. The van der Waals surface area contributed by atoms with Gasteiger partial charge in [-0.05, 0) is 41.5 Å². The standard InChI is InChI=1S/C5H5.3C3H8O.Zr/c1-2-4-5-3-1;3*1-3(2)4;/h1-3H,4H2;3*3-4H,1-2H3;/q-1;;;;. The quantitative estimate of drug-likeness (QED) is 0.596. The van der Waals surface area contributed by atoms with Crippen LogP contribution in [-0.2, 0) is 26.2 Å². The van der Waals surface area contributed by atoms with Crippen LogP contribution < -0.4 is 0 Å². The predicted molar refractivity (Wildman–Crippen MR) is 73.6 cm³/mol. The Balaban J connectivity index is -0.0000000719. The minimum absolute atomic E-state index is 0. The van der Waals surface area contributed by atoms with Gasteiger partial charge in [-0.3, -0.25) is 6.08 Å². The first-order chi connectivity index (χ1) is 7.70. The fourth-order valence-corrected chi connectivity index (χ4v) is 0.340. The minimum atomic E-state index is -0.167. The Labute approximate surface area is 132 Å². The molecule has 3 nitrogen and oxygen atoms in total. The number of allylic oxidation sites excluding steroid dienone is 4. The topological polar surface area (TPSA) is 60.7 Å². The summed E-state index contributed by atoms with van der Waals surface area (Å²) in [4.78, 5) is 0. The Morgan fingerprint density at radius 1 is 0.833 bits per heavy atom. The van der Waals surface area contributed by atoms with Crippen LogP contribution in [0.1, 0.15) is 48.0 Å². The maximum Gasteiger partial charge on any atom is 0.0483 e. The van der Waals surface area contributed by atoms with Gasteiger partial charge in [0.15, 0.2) is 0 Å². The Kier molecular flexibility index (Phi) is 33.3. The van der Waals surface area contributed by atoms with E-state index in [0.717, 1.165) is 6.42 Å². The summed E-state index contributed by atoms with van der Waals surface area (Å²) in [6.45, 7) is 10.3. The number of aliphatic hydroxyl groups excluding tert-OH is 3. The summed E-state index contributed by atoms with van der Waals surface area (Å²) in [5, 5.41) is 24.2. The summed E-state index contributed by atoms with van der Waals surface area (Å²) in [5.74, 6) is 0. The molecule has 0 radical (unpaired) electrons. The van der Waals surface area contributed by atoms with Gasteiger partial charge < -0.3 is 15.3 Å². The molecule has 0 unspecified atom stereocenters. The molecular formula is C14H29O3Zr-. The molecule has 0 aromatic rings. The fourth-order valence-electron chi connectivity index (χ4n) is 0.340. The van der Waals surface area contributed by atoms with Crippen LogP contribution in [0.25, 0.3) is 0 Å². The molecule has 108 valence electrons. The SMILES string of the molecule is CC(C)O.CC(C)O.CC(C)O.[C-]1=CC=CC1.[Zr]. The Hall–Kier alpha value is 0.243. The van der Waals surface area contributed by atoms with Gasteiger partial charge in [-0.1, -0.05) is 0 Å². The van der Waals surface area contributed by atoms with E-state index in [0.29, 0.717) is 0 Å². The first-order valence-electron chi connectivity index (χ1n) is 5.96. The molecule has 0 aliphatic heterocycles. The molecule has 4 heteroatoms. The van der Waals surface area contributed by atoms with Gasteiger partial charge >= 0.3 is 0 Å². The number of aliphatic hydroxyl groups is 3. The number of hydrogen-bond acceptors (Lipinski definition) is 3. The van der Waals surface area contributed by atoms with Crippen LogP contribution in [0.2, 0.25) is 0 Å². The van der Waals surface area contributed by atoms with Gasteiger partial charge in [-0.15, -0.1) is 6.42 Å². The van der Waals surface area contributed by atoms with Gasteiger partial charge in [-0.2, -0.15) is 6.08 Å². The molecule has 1 rings (SSSR count). The van der Waals surface area contributed by atoms with Crippen LogP contribution in [0.4, 0.5) is 0 Å². The van der Waals surface area contributed by atoms with E-state index in [2.05, 4.69) is 12.2 Å². The van der Waals surface area contributed by atoms with Gasteiger partial charge in [-0.25, -0.2) is 12.2 Å². The van der Waals surface area contributed by atoms with Gasteiger partial charge in [0, 0.05) is 44.5 Å². The molecular weight excluding hydrogens is 307 g/mol. The van der Waals surface area contributed by atoms with Crippen LogP contribution in [-0.4, -0.2) is 33.6 Å². The van der Waals surface area contributed by atoms with Gasteiger partial charge in [0.05, 0.1) is 0 Å².